The van der Waals surface area contributed by atoms with Crippen LogP contribution in [0, 0.1) is 11.3 Å². The zero-order valence-corrected chi connectivity index (χ0v) is 13.0. The SMILES string of the molecule is N#Cc1cccc(-c2ccc3c(c2)N=C(C(Cl)(Cl)Cl)C3)c1. The Hall–Kier alpha value is -1.53. The summed E-state index contributed by atoms with van der Waals surface area (Å²) in [5.41, 5.74) is 4.96. The highest BCUT2D eigenvalue weighted by Crippen LogP contribution is 2.39. The molecule has 1 aliphatic heterocycles. The number of hydrogen-bond acceptors (Lipinski definition) is 2. The molecule has 0 atom stereocenters. The van der Waals surface area contributed by atoms with Gasteiger partial charge in [-0.1, -0.05) is 59.1 Å². The largest absolute Gasteiger partial charge is 0.253 e. The number of alkyl halides is 3. The lowest BCUT2D eigenvalue weighted by molar-refractivity contribution is 1.34. The van der Waals surface area contributed by atoms with Crippen molar-refractivity contribution in [2.75, 3.05) is 0 Å². The highest BCUT2D eigenvalue weighted by Gasteiger charge is 2.31. The first kappa shape index (κ1) is 14.4. The Kier molecular flexibility index (Phi) is 3.67. The maximum absolute atomic E-state index is 8.97. The van der Waals surface area contributed by atoms with Crippen molar-refractivity contribution in [3.05, 3.63) is 53.6 Å². The Morgan fingerprint density at radius 2 is 1.81 bits per heavy atom. The normalized spacial score (nSPS) is 13.5. The minimum absolute atomic E-state index is 0.533. The third-order valence-corrected chi connectivity index (χ3v) is 4.01. The number of nitriles is 1. The quantitative estimate of drug-likeness (QED) is 0.658. The number of fused-ring (bicyclic) bond motifs is 1. The summed E-state index contributed by atoms with van der Waals surface area (Å²) in [6.45, 7) is 0. The summed E-state index contributed by atoms with van der Waals surface area (Å²) in [5.74, 6) is 0. The molecule has 2 aromatic rings. The van der Waals surface area contributed by atoms with Crippen molar-refractivity contribution in [1.29, 1.82) is 5.26 Å². The van der Waals surface area contributed by atoms with E-state index < -0.39 is 3.79 Å². The van der Waals surface area contributed by atoms with Gasteiger partial charge in [0, 0.05) is 6.42 Å². The summed E-state index contributed by atoms with van der Waals surface area (Å²) >= 11 is 17.7. The van der Waals surface area contributed by atoms with E-state index in [1.54, 1.807) is 6.07 Å². The lowest BCUT2D eigenvalue weighted by Gasteiger charge is -2.09. The van der Waals surface area contributed by atoms with Crippen LogP contribution in [0.4, 0.5) is 5.69 Å². The highest BCUT2D eigenvalue weighted by molar-refractivity contribution is 6.77. The predicted molar refractivity (Wildman–Crippen MR) is 87.7 cm³/mol. The van der Waals surface area contributed by atoms with Crippen molar-refractivity contribution in [2.45, 2.75) is 10.2 Å². The molecular formula is C16H9Cl3N2. The zero-order chi connectivity index (χ0) is 15.0. The van der Waals surface area contributed by atoms with Crippen molar-refractivity contribution in [2.24, 2.45) is 4.99 Å². The number of nitrogens with zero attached hydrogens (tertiary/aromatic N) is 2. The van der Waals surface area contributed by atoms with Crippen LogP contribution >= 0.6 is 34.8 Å². The van der Waals surface area contributed by atoms with Gasteiger partial charge in [-0.2, -0.15) is 5.26 Å². The number of halogens is 3. The molecule has 0 fully saturated rings. The Morgan fingerprint density at radius 1 is 1.05 bits per heavy atom. The first-order chi connectivity index (χ1) is 9.97. The van der Waals surface area contributed by atoms with Crippen LogP contribution in [0.5, 0.6) is 0 Å². The summed E-state index contributed by atoms with van der Waals surface area (Å²) in [7, 11) is 0. The van der Waals surface area contributed by atoms with Crippen molar-refractivity contribution in [3.63, 3.8) is 0 Å². The van der Waals surface area contributed by atoms with Gasteiger partial charge in [0.1, 0.15) is 0 Å². The maximum Gasteiger partial charge on any atom is 0.229 e. The van der Waals surface area contributed by atoms with Gasteiger partial charge in [-0.15, -0.1) is 0 Å². The van der Waals surface area contributed by atoms with Gasteiger partial charge in [-0.3, -0.25) is 4.99 Å². The molecule has 3 rings (SSSR count). The fourth-order valence-corrected chi connectivity index (χ4v) is 2.62. The van der Waals surface area contributed by atoms with Crippen LogP contribution in [0.2, 0.25) is 0 Å². The maximum atomic E-state index is 8.97. The Morgan fingerprint density at radius 3 is 2.52 bits per heavy atom. The smallest absolute Gasteiger partial charge is 0.229 e. The predicted octanol–water partition coefficient (Wildman–Crippen LogP) is 5.22. The summed E-state index contributed by atoms with van der Waals surface area (Å²) < 4.78 is -1.47. The molecule has 0 saturated carbocycles. The van der Waals surface area contributed by atoms with Crippen molar-refractivity contribution in [1.82, 2.24) is 0 Å². The monoisotopic (exact) mass is 334 g/mol. The number of rotatable bonds is 1. The van der Waals surface area contributed by atoms with E-state index >= 15 is 0 Å². The Labute approximate surface area is 137 Å². The van der Waals surface area contributed by atoms with Gasteiger partial charge >= 0.3 is 0 Å². The van der Waals surface area contributed by atoms with Crippen LogP contribution in [-0.4, -0.2) is 9.50 Å². The standard InChI is InChI=1S/C16H9Cl3N2/c17-16(18,19)15-8-13-5-4-12(7-14(13)21-15)11-3-1-2-10(6-11)9-20/h1-7H,8H2. The second-order valence-electron chi connectivity index (χ2n) is 4.77. The molecule has 0 aromatic heterocycles. The molecule has 0 spiro atoms. The molecule has 0 amide bonds. The van der Waals surface area contributed by atoms with Gasteiger partial charge in [-0.05, 0) is 34.9 Å². The summed E-state index contributed by atoms with van der Waals surface area (Å²) in [5, 5.41) is 8.97. The lowest BCUT2D eigenvalue weighted by Crippen LogP contribution is -2.18. The van der Waals surface area contributed by atoms with E-state index in [0.717, 1.165) is 22.4 Å². The van der Waals surface area contributed by atoms with Gasteiger partial charge in [0.25, 0.3) is 0 Å². The van der Waals surface area contributed by atoms with E-state index in [4.69, 9.17) is 40.1 Å². The average Bonchev–Trinajstić information content (AvgIpc) is 2.90. The lowest BCUT2D eigenvalue weighted by atomic mass is 10.0. The van der Waals surface area contributed by atoms with Gasteiger partial charge in [0.15, 0.2) is 0 Å². The molecule has 5 heteroatoms. The van der Waals surface area contributed by atoms with Crippen molar-refractivity contribution in [3.8, 4) is 17.2 Å². The van der Waals surface area contributed by atoms with Crippen LogP contribution in [0.25, 0.3) is 11.1 Å². The molecule has 0 unspecified atom stereocenters. The minimum Gasteiger partial charge on any atom is -0.253 e. The first-order valence-electron chi connectivity index (χ1n) is 6.25. The van der Waals surface area contributed by atoms with E-state index in [0.29, 0.717) is 17.7 Å². The molecule has 0 saturated heterocycles. The highest BCUT2D eigenvalue weighted by atomic mass is 35.6. The molecule has 2 aromatic carbocycles. The molecule has 0 aliphatic carbocycles. The summed E-state index contributed by atoms with van der Waals surface area (Å²) in [6.07, 6.45) is 0.546. The van der Waals surface area contributed by atoms with Crippen LogP contribution < -0.4 is 0 Å². The summed E-state index contributed by atoms with van der Waals surface area (Å²) in [4.78, 5) is 4.41. The minimum atomic E-state index is -1.47. The van der Waals surface area contributed by atoms with Crippen LogP contribution in [-0.2, 0) is 6.42 Å². The van der Waals surface area contributed by atoms with E-state index in [1.165, 1.54) is 0 Å². The Balaban J connectivity index is 2.02. The number of aliphatic imine (C=N–C) groups is 1. The third-order valence-electron chi connectivity index (χ3n) is 3.35. The van der Waals surface area contributed by atoms with E-state index in [1.807, 2.05) is 36.4 Å². The van der Waals surface area contributed by atoms with Gasteiger partial charge in [0.2, 0.25) is 3.79 Å². The molecule has 104 valence electrons. The molecule has 0 bridgehead atoms. The number of benzene rings is 2. The van der Waals surface area contributed by atoms with Crippen LogP contribution in [0.15, 0.2) is 47.5 Å². The van der Waals surface area contributed by atoms with Crippen LogP contribution in [0.3, 0.4) is 0 Å². The zero-order valence-electron chi connectivity index (χ0n) is 10.8. The molecule has 1 aliphatic rings. The molecule has 1 heterocycles. The molecule has 21 heavy (non-hydrogen) atoms. The van der Waals surface area contributed by atoms with E-state index in [9.17, 15) is 0 Å². The fraction of sp³-hybridized carbons (Fsp3) is 0.125. The molecule has 2 nitrogen and oxygen atoms in total. The molecule has 0 radical (unpaired) electrons. The molecular weight excluding hydrogens is 327 g/mol. The first-order valence-corrected chi connectivity index (χ1v) is 7.39. The van der Waals surface area contributed by atoms with E-state index in [2.05, 4.69) is 11.1 Å². The topological polar surface area (TPSA) is 36.1 Å². The fourth-order valence-electron chi connectivity index (χ4n) is 2.29. The van der Waals surface area contributed by atoms with E-state index in [-0.39, 0.29) is 0 Å². The molecule has 0 N–H and O–H groups in total. The number of hydrogen-bond donors (Lipinski definition) is 0. The summed E-state index contributed by atoms with van der Waals surface area (Å²) in [6, 6.07) is 15.5. The van der Waals surface area contributed by atoms with Crippen molar-refractivity contribution < 1.29 is 0 Å². The average molecular weight is 336 g/mol. The third kappa shape index (κ3) is 2.91. The van der Waals surface area contributed by atoms with Crippen LogP contribution in [0.1, 0.15) is 11.1 Å². The second kappa shape index (κ2) is 5.35. The van der Waals surface area contributed by atoms with Gasteiger partial charge in [-0.25, -0.2) is 0 Å². The van der Waals surface area contributed by atoms with Gasteiger partial charge in [0.05, 0.1) is 23.0 Å². The van der Waals surface area contributed by atoms with Gasteiger partial charge < -0.3 is 0 Å². The second-order valence-corrected chi connectivity index (χ2v) is 7.05. The van der Waals surface area contributed by atoms with Crippen molar-refractivity contribution >= 4 is 46.2 Å². The Bertz CT molecular complexity index is 783.